The molecule has 0 aliphatic heterocycles. The average Bonchev–Trinajstić information content (AvgIpc) is 3.36. The fraction of sp³-hybridized carbons (Fsp3) is 0.750. The van der Waals surface area contributed by atoms with E-state index in [2.05, 4.69) is 17.2 Å². The van der Waals surface area contributed by atoms with Crippen LogP contribution in [-0.2, 0) is 11.3 Å². The minimum Gasteiger partial charge on any atom is -0.390 e. The molecule has 0 amide bonds. The van der Waals surface area contributed by atoms with Crippen LogP contribution in [0.1, 0.15) is 77.2 Å². The van der Waals surface area contributed by atoms with Crippen molar-refractivity contribution in [2.75, 3.05) is 0 Å². The summed E-state index contributed by atoms with van der Waals surface area (Å²) < 4.78 is 1.76. The van der Waals surface area contributed by atoms with Gasteiger partial charge in [0.15, 0.2) is 5.78 Å². The van der Waals surface area contributed by atoms with Crippen LogP contribution in [0.2, 0.25) is 0 Å². The number of hydrogen-bond acceptors (Lipinski definition) is 7. The van der Waals surface area contributed by atoms with E-state index in [4.69, 9.17) is 17.2 Å². The van der Waals surface area contributed by atoms with Gasteiger partial charge in [-0.15, -0.1) is 5.10 Å². The predicted octanol–water partition coefficient (Wildman–Crippen LogP) is 2.57. The van der Waals surface area contributed by atoms with Crippen molar-refractivity contribution in [3.8, 4) is 0 Å². The first-order valence-corrected chi connectivity index (χ1v) is 13.7. The standard InChI is InChI=1S/C28H42N6O2/c1-17-4-6-19-20(14-17)34(33-32-19)15-21(35)18-5-7-22-25(18,3)9-8-23-27(22,30)12-11-26(29)16-24(2,36)10-13-28(23,26)31/h4,6,14,18,22-23,36H,5,7-13,15-16,29-31H2,1-3H3/t18-,22-,23+,24-,25-,26+,27?,28?/m1/s1. The fourth-order valence-electron chi connectivity index (χ4n) is 9.44. The van der Waals surface area contributed by atoms with Gasteiger partial charge in [-0.1, -0.05) is 18.2 Å². The lowest BCUT2D eigenvalue weighted by Gasteiger charge is -2.68. The summed E-state index contributed by atoms with van der Waals surface area (Å²) in [5.41, 5.74) is 22.0. The van der Waals surface area contributed by atoms with Crippen molar-refractivity contribution in [1.82, 2.24) is 15.0 Å². The highest BCUT2D eigenvalue weighted by Crippen LogP contribution is 2.66. The number of benzene rings is 1. The van der Waals surface area contributed by atoms with E-state index >= 15 is 0 Å². The lowest BCUT2D eigenvalue weighted by molar-refractivity contribution is -0.143. The Morgan fingerprint density at radius 1 is 1.06 bits per heavy atom. The number of nitrogens with two attached hydrogens (primary N) is 3. The van der Waals surface area contributed by atoms with Crippen LogP contribution < -0.4 is 17.2 Å². The van der Waals surface area contributed by atoms with Gasteiger partial charge < -0.3 is 22.3 Å². The molecular formula is C28H42N6O2. The van der Waals surface area contributed by atoms with E-state index in [1.165, 1.54) is 0 Å². The van der Waals surface area contributed by atoms with Crippen molar-refractivity contribution in [2.45, 2.75) is 107 Å². The zero-order valence-corrected chi connectivity index (χ0v) is 22.0. The Bertz CT molecular complexity index is 1230. The lowest BCUT2D eigenvalue weighted by atomic mass is 9.41. The van der Waals surface area contributed by atoms with E-state index in [1.54, 1.807) is 4.68 Å². The van der Waals surface area contributed by atoms with Crippen LogP contribution in [0.5, 0.6) is 0 Å². The van der Waals surface area contributed by atoms with Gasteiger partial charge in [0.25, 0.3) is 0 Å². The smallest absolute Gasteiger partial charge is 0.157 e. The summed E-state index contributed by atoms with van der Waals surface area (Å²) in [6, 6.07) is 6.02. The lowest BCUT2D eigenvalue weighted by Crippen LogP contribution is -2.82. The molecule has 1 aromatic heterocycles. The van der Waals surface area contributed by atoms with E-state index in [9.17, 15) is 9.90 Å². The van der Waals surface area contributed by atoms with E-state index in [0.29, 0.717) is 19.3 Å². The third-order valence-electron chi connectivity index (χ3n) is 11.3. The summed E-state index contributed by atoms with van der Waals surface area (Å²) in [5.74, 6) is 0.530. The molecule has 1 heterocycles. The maximum absolute atomic E-state index is 13.8. The normalized spacial score (nSPS) is 46.2. The average molecular weight is 495 g/mol. The number of carbonyl (C=O) groups excluding carboxylic acids is 1. The maximum Gasteiger partial charge on any atom is 0.157 e. The number of aryl methyl sites for hydroxylation is 1. The second-order valence-corrected chi connectivity index (χ2v) is 13.5. The molecule has 0 radical (unpaired) electrons. The van der Waals surface area contributed by atoms with Gasteiger partial charge in [0.05, 0.1) is 11.1 Å². The van der Waals surface area contributed by atoms with Gasteiger partial charge >= 0.3 is 0 Å². The van der Waals surface area contributed by atoms with Gasteiger partial charge in [0.1, 0.15) is 12.1 Å². The molecule has 36 heavy (non-hydrogen) atoms. The van der Waals surface area contributed by atoms with E-state index < -0.39 is 22.2 Å². The SMILES string of the molecule is Cc1ccc2nnn(CC(=O)[C@H]3CC[C@H]4C5(N)CC[C@]6(N)C[C@](C)(O)CCC6(N)[C@H]5CC[C@]34C)c2c1. The number of rotatable bonds is 3. The van der Waals surface area contributed by atoms with Crippen molar-refractivity contribution in [3.63, 3.8) is 0 Å². The molecule has 4 saturated carbocycles. The highest BCUT2D eigenvalue weighted by atomic mass is 16.3. The minimum atomic E-state index is -0.773. The molecule has 1 aromatic carbocycles. The second kappa shape index (κ2) is 7.59. The molecule has 7 N–H and O–H groups in total. The van der Waals surface area contributed by atoms with Crippen LogP contribution in [0.3, 0.4) is 0 Å². The zero-order valence-electron chi connectivity index (χ0n) is 22.0. The monoisotopic (exact) mass is 494 g/mol. The van der Waals surface area contributed by atoms with Crippen molar-refractivity contribution < 1.29 is 9.90 Å². The van der Waals surface area contributed by atoms with Gasteiger partial charge in [-0.2, -0.15) is 0 Å². The summed E-state index contributed by atoms with van der Waals surface area (Å²) >= 11 is 0. The molecule has 6 rings (SSSR count). The summed E-state index contributed by atoms with van der Waals surface area (Å²) in [7, 11) is 0. The number of fused-ring (bicyclic) bond motifs is 6. The first-order valence-electron chi connectivity index (χ1n) is 13.7. The predicted molar refractivity (Wildman–Crippen MR) is 139 cm³/mol. The van der Waals surface area contributed by atoms with Crippen LogP contribution in [0.25, 0.3) is 11.0 Å². The summed E-state index contributed by atoms with van der Waals surface area (Å²) in [5, 5.41) is 19.4. The zero-order chi connectivity index (χ0) is 25.7. The molecule has 8 nitrogen and oxygen atoms in total. The summed E-state index contributed by atoms with van der Waals surface area (Å²) in [4.78, 5) is 13.8. The molecule has 2 aromatic rings. The molecule has 0 saturated heterocycles. The van der Waals surface area contributed by atoms with Crippen LogP contribution in [0, 0.1) is 30.1 Å². The van der Waals surface area contributed by atoms with Gasteiger partial charge in [-0.05, 0) is 107 Å². The summed E-state index contributed by atoms with van der Waals surface area (Å²) in [6.07, 6.45) is 7.03. The highest BCUT2D eigenvalue weighted by molar-refractivity contribution is 5.84. The number of hydrogen-bond donors (Lipinski definition) is 4. The molecule has 2 unspecified atom stereocenters. The Morgan fingerprint density at radius 3 is 2.61 bits per heavy atom. The van der Waals surface area contributed by atoms with Gasteiger partial charge in [-0.3, -0.25) is 4.79 Å². The highest BCUT2D eigenvalue weighted by Gasteiger charge is 2.70. The van der Waals surface area contributed by atoms with Gasteiger partial charge in [0.2, 0.25) is 0 Å². The van der Waals surface area contributed by atoms with Gasteiger partial charge in [-0.25, -0.2) is 4.68 Å². The third kappa shape index (κ3) is 3.23. The molecule has 8 heteroatoms. The largest absolute Gasteiger partial charge is 0.390 e. The van der Waals surface area contributed by atoms with Crippen molar-refractivity contribution >= 4 is 16.8 Å². The first kappa shape index (κ1) is 24.5. The number of carbonyl (C=O) groups is 1. The quantitative estimate of drug-likeness (QED) is 0.513. The Morgan fingerprint density at radius 2 is 1.83 bits per heavy atom. The van der Waals surface area contributed by atoms with Crippen molar-refractivity contribution in [2.24, 2.45) is 40.4 Å². The Labute approximate surface area is 213 Å². The van der Waals surface area contributed by atoms with Crippen LogP contribution in [0.15, 0.2) is 18.2 Å². The molecule has 4 aliphatic carbocycles. The molecule has 4 fully saturated rings. The second-order valence-electron chi connectivity index (χ2n) is 13.5. The van der Waals surface area contributed by atoms with Crippen LogP contribution >= 0.6 is 0 Å². The van der Waals surface area contributed by atoms with Crippen LogP contribution in [-0.4, -0.2) is 48.1 Å². The number of Topliss-reactive ketones (excluding diaryl/α,β-unsaturated/α-hetero) is 1. The maximum atomic E-state index is 13.8. The molecule has 196 valence electrons. The molecule has 0 bridgehead atoms. The first-order chi connectivity index (χ1) is 16.8. The summed E-state index contributed by atoms with van der Waals surface area (Å²) in [6.45, 7) is 6.46. The topological polar surface area (TPSA) is 146 Å². The molecular weight excluding hydrogens is 452 g/mol. The van der Waals surface area contributed by atoms with E-state index in [0.717, 1.165) is 55.1 Å². The Balaban J connectivity index is 1.27. The van der Waals surface area contributed by atoms with Crippen LogP contribution in [0.4, 0.5) is 0 Å². The Hall–Kier alpha value is -1.87. The Kier molecular flexibility index (Phi) is 5.16. The third-order valence-corrected chi connectivity index (χ3v) is 11.3. The number of aliphatic hydroxyl groups is 1. The molecule has 4 aliphatic rings. The number of nitrogens with zero attached hydrogens (tertiary/aromatic N) is 3. The molecule has 8 atom stereocenters. The van der Waals surface area contributed by atoms with Crippen molar-refractivity contribution in [3.05, 3.63) is 23.8 Å². The molecule has 0 spiro atoms. The van der Waals surface area contributed by atoms with Gasteiger partial charge in [0, 0.05) is 22.5 Å². The van der Waals surface area contributed by atoms with E-state index in [1.807, 2.05) is 32.0 Å². The fourth-order valence-corrected chi connectivity index (χ4v) is 9.44. The van der Waals surface area contributed by atoms with Crippen molar-refractivity contribution in [1.29, 1.82) is 0 Å². The number of ketones is 1. The minimum absolute atomic E-state index is 0.0432. The van der Waals surface area contributed by atoms with E-state index in [-0.39, 0.29) is 35.5 Å². The number of aromatic nitrogens is 3.